The van der Waals surface area contributed by atoms with Crippen LogP contribution in [0.1, 0.15) is 13.8 Å². The Bertz CT molecular complexity index is 577. The maximum Gasteiger partial charge on any atom is 0.243 e. The molecule has 0 bridgehead atoms. The largest absolute Gasteiger partial charge is 0.376 e. The van der Waals surface area contributed by atoms with Gasteiger partial charge in [-0.2, -0.15) is 0 Å². The average Bonchev–Trinajstić information content (AvgIpc) is 2.56. The molecule has 0 aliphatic carbocycles. The zero-order valence-corrected chi connectivity index (χ0v) is 13.2. The van der Waals surface area contributed by atoms with Crippen LogP contribution in [0.25, 0.3) is 0 Å². The zero-order valence-electron chi connectivity index (χ0n) is 13.2. The van der Waals surface area contributed by atoms with Crippen LogP contribution >= 0.6 is 0 Å². The highest BCUT2D eigenvalue weighted by atomic mass is 16.1. The summed E-state index contributed by atoms with van der Waals surface area (Å²) in [6, 6.07) is 17.6. The highest BCUT2D eigenvalue weighted by Crippen LogP contribution is 2.17. The lowest BCUT2D eigenvalue weighted by atomic mass is 10.2. The number of amides is 1. The minimum Gasteiger partial charge on any atom is -0.376 e. The molecule has 2 aromatic carbocycles. The Hall–Kier alpha value is -2.49. The van der Waals surface area contributed by atoms with Crippen molar-refractivity contribution in [1.82, 2.24) is 0 Å². The Morgan fingerprint density at radius 1 is 0.909 bits per heavy atom. The fourth-order valence-electron chi connectivity index (χ4n) is 2.29. The van der Waals surface area contributed by atoms with Crippen LogP contribution in [-0.4, -0.2) is 25.5 Å². The quantitative estimate of drug-likeness (QED) is 0.821. The number of nitrogens with one attached hydrogen (secondary N) is 2. The molecule has 2 rings (SSSR count). The van der Waals surface area contributed by atoms with E-state index >= 15 is 0 Å². The fraction of sp³-hybridized carbons (Fsp3) is 0.278. The average molecular weight is 297 g/mol. The van der Waals surface area contributed by atoms with Gasteiger partial charge in [0.05, 0.1) is 6.54 Å². The second kappa shape index (κ2) is 8.08. The number of nitrogens with zero attached hydrogens (tertiary/aromatic N) is 1. The van der Waals surface area contributed by atoms with Crippen molar-refractivity contribution in [2.75, 3.05) is 35.2 Å². The van der Waals surface area contributed by atoms with E-state index in [4.69, 9.17) is 0 Å². The maximum absolute atomic E-state index is 11.9. The Morgan fingerprint density at radius 2 is 1.55 bits per heavy atom. The minimum atomic E-state index is -0.0565. The van der Waals surface area contributed by atoms with E-state index in [0.29, 0.717) is 0 Å². The highest BCUT2D eigenvalue weighted by Gasteiger charge is 2.03. The van der Waals surface area contributed by atoms with Crippen molar-refractivity contribution >= 4 is 23.0 Å². The van der Waals surface area contributed by atoms with Crippen molar-refractivity contribution in [2.24, 2.45) is 0 Å². The lowest BCUT2D eigenvalue weighted by molar-refractivity contribution is -0.114. The first-order chi connectivity index (χ1) is 10.7. The van der Waals surface area contributed by atoms with Gasteiger partial charge < -0.3 is 15.5 Å². The van der Waals surface area contributed by atoms with Crippen LogP contribution in [0, 0.1) is 0 Å². The number of carbonyl (C=O) groups is 1. The Labute approximate surface area is 132 Å². The summed E-state index contributed by atoms with van der Waals surface area (Å²) in [7, 11) is 0. The normalized spacial score (nSPS) is 10.1. The monoisotopic (exact) mass is 297 g/mol. The molecule has 0 heterocycles. The molecular weight excluding hydrogens is 274 g/mol. The molecule has 4 nitrogen and oxygen atoms in total. The first-order valence-corrected chi connectivity index (χ1v) is 7.66. The zero-order chi connectivity index (χ0) is 15.8. The van der Waals surface area contributed by atoms with Crippen LogP contribution in [0.4, 0.5) is 17.1 Å². The van der Waals surface area contributed by atoms with Crippen molar-refractivity contribution in [2.45, 2.75) is 13.8 Å². The molecule has 2 N–H and O–H groups in total. The molecule has 0 aliphatic heterocycles. The molecule has 0 saturated heterocycles. The second-order valence-corrected chi connectivity index (χ2v) is 4.99. The Balaban J connectivity index is 1.85. The van der Waals surface area contributed by atoms with E-state index in [9.17, 15) is 4.79 Å². The second-order valence-electron chi connectivity index (χ2n) is 4.99. The molecule has 0 fully saturated rings. The number of hydrogen-bond acceptors (Lipinski definition) is 3. The summed E-state index contributed by atoms with van der Waals surface area (Å²) < 4.78 is 0. The molecule has 2 aromatic rings. The first-order valence-electron chi connectivity index (χ1n) is 7.66. The van der Waals surface area contributed by atoms with Gasteiger partial charge in [0.1, 0.15) is 0 Å². The lowest BCUT2D eigenvalue weighted by Gasteiger charge is -2.21. The van der Waals surface area contributed by atoms with E-state index in [1.54, 1.807) is 0 Å². The van der Waals surface area contributed by atoms with Crippen LogP contribution in [0.15, 0.2) is 54.6 Å². The van der Waals surface area contributed by atoms with Crippen LogP contribution < -0.4 is 15.5 Å². The van der Waals surface area contributed by atoms with Gasteiger partial charge in [0.15, 0.2) is 0 Å². The van der Waals surface area contributed by atoms with Crippen LogP contribution in [-0.2, 0) is 4.79 Å². The third-order valence-electron chi connectivity index (χ3n) is 3.51. The molecule has 0 aromatic heterocycles. The smallest absolute Gasteiger partial charge is 0.243 e. The molecule has 0 radical (unpaired) electrons. The molecule has 0 spiro atoms. The van der Waals surface area contributed by atoms with E-state index in [2.05, 4.69) is 41.5 Å². The van der Waals surface area contributed by atoms with Crippen LogP contribution in [0.2, 0.25) is 0 Å². The molecular formula is C18H23N3O. The van der Waals surface area contributed by atoms with Crippen molar-refractivity contribution in [1.29, 1.82) is 0 Å². The number of anilines is 3. The highest BCUT2D eigenvalue weighted by molar-refractivity contribution is 5.93. The molecule has 0 saturated carbocycles. The molecule has 1 amide bonds. The minimum absolute atomic E-state index is 0.0565. The summed E-state index contributed by atoms with van der Waals surface area (Å²) in [5.41, 5.74) is 2.95. The van der Waals surface area contributed by atoms with Crippen molar-refractivity contribution in [3.05, 3.63) is 54.6 Å². The van der Waals surface area contributed by atoms with Gasteiger partial charge in [-0.15, -0.1) is 0 Å². The first kappa shape index (κ1) is 15.9. The van der Waals surface area contributed by atoms with Gasteiger partial charge in [0.2, 0.25) is 5.91 Å². The molecule has 22 heavy (non-hydrogen) atoms. The van der Waals surface area contributed by atoms with Crippen molar-refractivity contribution < 1.29 is 4.79 Å². The molecule has 0 aliphatic rings. The Morgan fingerprint density at radius 3 is 2.14 bits per heavy atom. The van der Waals surface area contributed by atoms with Gasteiger partial charge in [-0.05, 0) is 50.2 Å². The van der Waals surface area contributed by atoms with E-state index in [1.807, 2.05) is 42.5 Å². The van der Waals surface area contributed by atoms with E-state index < -0.39 is 0 Å². The van der Waals surface area contributed by atoms with Gasteiger partial charge in [-0.25, -0.2) is 0 Å². The molecule has 0 atom stereocenters. The molecule has 4 heteroatoms. The van der Waals surface area contributed by atoms with Crippen LogP contribution in [0.5, 0.6) is 0 Å². The number of carbonyl (C=O) groups excluding carboxylic acids is 1. The summed E-state index contributed by atoms with van der Waals surface area (Å²) in [6.45, 7) is 6.51. The predicted octanol–water partition coefficient (Wildman–Crippen LogP) is 3.58. The summed E-state index contributed by atoms with van der Waals surface area (Å²) in [4.78, 5) is 14.2. The third-order valence-corrected chi connectivity index (χ3v) is 3.51. The SMILES string of the molecule is CCN(CC)c1ccc(NCC(=O)Nc2ccccc2)cc1. The van der Waals surface area contributed by atoms with Crippen molar-refractivity contribution in [3.8, 4) is 0 Å². The van der Waals surface area contributed by atoms with E-state index in [0.717, 1.165) is 24.5 Å². The number of benzene rings is 2. The molecule has 0 unspecified atom stereocenters. The topological polar surface area (TPSA) is 44.4 Å². The van der Waals surface area contributed by atoms with Gasteiger partial charge in [0, 0.05) is 30.2 Å². The van der Waals surface area contributed by atoms with Crippen LogP contribution in [0.3, 0.4) is 0 Å². The molecule has 116 valence electrons. The third kappa shape index (κ3) is 4.52. The van der Waals surface area contributed by atoms with E-state index in [1.165, 1.54) is 5.69 Å². The number of hydrogen-bond donors (Lipinski definition) is 2. The predicted molar refractivity (Wildman–Crippen MR) is 93.6 cm³/mol. The summed E-state index contributed by atoms with van der Waals surface area (Å²) in [5, 5.41) is 5.99. The summed E-state index contributed by atoms with van der Waals surface area (Å²) >= 11 is 0. The lowest BCUT2D eigenvalue weighted by Crippen LogP contribution is -2.22. The standard InChI is InChI=1S/C18H23N3O/c1-3-21(4-2)17-12-10-15(11-13-17)19-14-18(22)20-16-8-6-5-7-9-16/h5-13,19H,3-4,14H2,1-2H3,(H,20,22). The fourth-order valence-corrected chi connectivity index (χ4v) is 2.29. The van der Waals surface area contributed by atoms with Gasteiger partial charge in [-0.1, -0.05) is 18.2 Å². The van der Waals surface area contributed by atoms with E-state index in [-0.39, 0.29) is 12.5 Å². The van der Waals surface area contributed by atoms with Gasteiger partial charge in [-0.3, -0.25) is 4.79 Å². The van der Waals surface area contributed by atoms with Gasteiger partial charge in [0.25, 0.3) is 0 Å². The maximum atomic E-state index is 11.9. The van der Waals surface area contributed by atoms with Crippen molar-refractivity contribution in [3.63, 3.8) is 0 Å². The Kier molecular flexibility index (Phi) is 5.83. The summed E-state index contributed by atoms with van der Waals surface area (Å²) in [5.74, 6) is -0.0565. The van der Waals surface area contributed by atoms with Gasteiger partial charge >= 0.3 is 0 Å². The summed E-state index contributed by atoms with van der Waals surface area (Å²) in [6.07, 6.45) is 0. The number of rotatable bonds is 7. The number of para-hydroxylation sites is 1.